The minimum Gasteiger partial charge on any atom is -0.383 e. The highest BCUT2D eigenvalue weighted by Gasteiger charge is 2.12. The number of rotatable bonds is 7. The fraction of sp³-hybridized carbons (Fsp3) is 1.00. The van der Waals surface area contributed by atoms with E-state index in [0.29, 0.717) is 6.61 Å². The van der Waals surface area contributed by atoms with Crippen molar-refractivity contribution in [1.29, 1.82) is 0 Å². The molecule has 1 unspecified atom stereocenters. The van der Waals surface area contributed by atoms with Gasteiger partial charge in [-0.2, -0.15) is 0 Å². The van der Waals surface area contributed by atoms with Crippen molar-refractivity contribution in [1.82, 2.24) is 9.80 Å². The predicted molar refractivity (Wildman–Crippen MR) is 64.6 cm³/mol. The highest BCUT2D eigenvalue weighted by molar-refractivity contribution is 4.68. The van der Waals surface area contributed by atoms with Gasteiger partial charge in [0.25, 0.3) is 0 Å². The minimum atomic E-state index is 0.111. The van der Waals surface area contributed by atoms with Crippen molar-refractivity contribution in [2.75, 3.05) is 66.7 Å². The molecule has 1 atom stereocenters. The lowest BCUT2D eigenvalue weighted by Crippen LogP contribution is -2.44. The molecule has 0 aromatic heterocycles. The van der Waals surface area contributed by atoms with Gasteiger partial charge in [0.05, 0.1) is 19.8 Å². The molecule has 16 heavy (non-hydrogen) atoms. The van der Waals surface area contributed by atoms with E-state index in [-0.39, 0.29) is 6.04 Å². The summed E-state index contributed by atoms with van der Waals surface area (Å²) in [7, 11) is 3.80. The fourth-order valence-electron chi connectivity index (χ4n) is 1.90. The van der Waals surface area contributed by atoms with Gasteiger partial charge in [-0.15, -0.1) is 0 Å². The summed E-state index contributed by atoms with van der Waals surface area (Å²) in [5.74, 6) is 0. The third kappa shape index (κ3) is 5.77. The Morgan fingerprint density at radius 3 is 2.75 bits per heavy atom. The number of ether oxygens (including phenoxy) is 2. The van der Waals surface area contributed by atoms with Gasteiger partial charge in [0.1, 0.15) is 0 Å². The van der Waals surface area contributed by atoms with Crippen LogP contribution in [0.25, 0.3) is 0 Å². The summed E-state index contributed by atoms with van der Waals surface area (Å²) in [6.07, 6.45) is 0. The maximum absolute atomic E-state index is 5.89. The van der Waals surface area contributed by atoms with E-state index in [9.17, 15) is 0 Å². The molecule has 0 spiro atoms. The van der Waals surface area contributed by atoms with E-state index >= 15 is 0 Å². The number of hydrogen-bond acceptors (Lipinski definition) is 5. The van der Waals surface area contributed by atoms with Crippen LogP contribution in [0.1, 0.15) is 0 Å². The molecule has 1 heterocycles. The van der Waals surface area contributed by atoms with E-state index in [1.54, 1.807) is 7.11 Å². The van der Waals surface area contributed by atoms with E-state index < -0.39 is 0 Å². The van der Waals surface area contributed by atoms with Crippen LogP contribution in [-0.2, 0) is 9.47 Å². The van der Waals surface area contributed by atoms with Crippen molar-refractivity contribution in [2.24, 2.45) is 5.73 Å². The van der Waals surface area contributed by atoms with Gasteiger partial charge in [0.2, 0.25) is 0 Å². The average Bonchev–Trinajstić information content (AvgIpc) is 2.28. The summed E-state index contributed by atoms with van der Waals surface area (Å²) in [5.41, 5.74) is 5.89. The molecule has 1 rings (SSSR count). The predicted octanol–water partition coefficient (Wildman–Crippen LogP) is -0.776. The molecular weight excluding hydrogens is 206 g/mol. The molecule has 5 nitrogen and oxygen atoms in total. The van der Waals surface area contributed by atoms with E-state index in [1.807, 2.05) is 0 Å². The topological polar surface area (TPSA) is 51.0 Å². The van der Waals surface area contributed by atoms with Crippen molar-refractivity contribution in [3.63, 3.8) is 0 Å². The van der Waals surface area contributed by atoms with E-state index in [1.165, 1.54) is 0 Å². The van der Waals surface area contributed by atoms with Crippen LogP contribution < -0.4 is 5.73 Å². The summed E-state index contributed by atoms with van der Waals surface area (Å²) in [5, 5.41) is 0. The molecule has 0 aromatic rings. The standard InChI is InChI=1S/C11H25N3O2/c1-13(9-11(12)10-15-2)3-4-14-5-7-16-8-6-14/h11H,3-10,12H2,1-2H3. The highest BCUT2D eigenvalue weighted by atomic mass is 16.5. The first kappa shape index (κ1) is 13.9. The van der Waals surface area contributed by atoms with Crippen molar-refractivity contribution in [3.8, 4) is 0 Å². The van der Waals surface area contributed by atoms with Crippen LogP contribution in [0.4, 0.5) is 0 Å². The molecule has 0 bridgehead atoms. The smallest absolute Gasteiger partial charge is 0.0626 e. The maximum Gasteiger partial charge on any atom is 0.0626 e. The molecule has 96 valence electrons. The van der Waals surface area contributed by atoms with Gasteiger partial charge >= 0.3 is 0 Å². The third-order valence-electron chi connectivity index (χ3n) is 2.83. The molecule has 0 aromatic carbocycles. The summed E-state index contributed by atoms with van der Waals surface area (Å²) in [6.45, 7) is 7.51. The Bertz CT molecular complexity index is 175. The van der Waals surface area contributed by atoms with E-state index in [0.717, 1.165) is 45.9 Å². The first-order valence-corrected chi connectivity index (χ1v) is 5.95. The second kappa shape index (κ2) is 7.97. The number of nitrogens with zero attached hydrogens (tertiary/aromatic N) is 2. The van der Waals surface area contributed by atoms with Crippen LogP contribution in [0.5, 0.6) is 0 Å². The summed E-state index contributed by atoms with van der Waals surface area (Å²) in [6, 6.07) is 0.111. The first-order valence-electron chi connectivity index (χ1n) is 5.95. The van der Waals surface area contributed by atoms with Crippen LogP contribution in [0.3, 0.4) is 0 Å². The maximum atomic E-state index is 5.89. The monoisotopic (exact) mass is 231 g/mol. The first-order chi connectivity index (χ1) is 7.72. The SMILES string of the molecule is COCC(N)CN(C)CCN1CCOCC1. The number of likely N-dealkylation sites (N-methyl/N-ethyl adjacent to an activating group) is 1. The number of methoxy groups -OCH3 is 1. The summed E-state index contributed by atoms with van der Waals surface area (Å²) in [4.78, 5) is 4.70. The third-order valence-corrected chi connectivity index (χ3v) is 2.83. The van der Waals surface area contributed by atoms with Crippen molar-refractivity contribution < 1.29 is 9.47 Å². The quantitative estimate of drug-likeness (QED) is 0.623. The van der Waals surface area contributed by atoms with Gasteiger partial charge in [0, 0.05) is 45.9 Å². The van der Waals surface area contributed by atoms with Crippen LogP contribution in [0.2, 0.25) is 0 Å². The lowest BCUT2D eigenvalue weighted by molar-refractivity contribution is 0.0339. The molecule has 1 aliphatic heterocycles. The number of nitrogens with two attached hydrogens (primary N) is 1. The van der Waals surface area contributed by atoms with Gasteiger partial charge in [0.15, 0.2) is 0 Å². The second-order valence-electron chi connectivity index (χ2n) is 4.43. The zero-order chi connectivity index (χ0) is 11.8. The zero-order valence-corrected chi connectivity index (χ0v) is 10.5. The van der Waals surface area contributed by atoms with Gasteiger partial charge in [-0.05, 0) is 7.05 Å². The van der Waals surface area contributed by atoms with Gasteiger partial charge in [-0.3, -0.25) is 4.90 Å². The molecule has 2 N–H and O–H groups in total. The molecule has 1 fully saturated rings. The number of hydrogen-bond donors (Lipinski definition) is 1. The molecular formula is C11H25N3O2. The molecule has 0 aliphatic carbocycles. The average molecular weight is 231 g/mol. The van der Waals surface area contributed by atoms with Crippen LogP contribution in [0.15, 0.2) is 0 Å². The number of morpholine rings is 1. The Hall–Kier alpha value is -0.200. The molecule has 0 amide bonds. The molecule has 1 aliphatic rings. The summed E-state index contributed by atoms with van der Waals surface area (Å²) >= 11 is 0. The fourth-order valence-corrected chi connectivity index (χ4v) is 1.90. The van der Waals surface area contributed by atoms with Crippen LogP contribution in [-0.4, -0.2) is 82.5 Å². The van der Waals surface area contributed by atoms with E-state index in [4.69, 9.17) is 15.2 Å². The van der Waals surface area contributed by atoms with Crippen LogP contribution >= 0.6 is 0 Å². The largest absolute Gasteiger partial charge is 0.383 e. The van der Waals surface area contributed by atoms with Crippen molar-refractivity contribution in [3.05, 3.63) is 0 Å². The van der Waals surface area contributed by atoms with Crippen molar-refractivity contribution >= 4 is 0 Å². The minimum absolute atomic E-state index is 0.111. The van der Waals surface area contributed by atoms with Crippen molar-refractivity contribution in [2.45, 2.75) is 6.04 Å². The Balaban J connectivity index is 2.06. The lowest BCUT2D eigenvalue weighted by atomic mass is 10.3. The normalized spacial score (nSPS) is 20.2. The zero-order valence-electron chi connectivity index (χ0n) is 10.5. The molecule has 1 saturated heterocycles. The Morgan fingerprint density at radius 2 is 2.12 bits per heavy atom. The Labute approximate surface area is 98.5 Å². The summed E-state index contributed by atoms with van der Waals surface area (Å²) < 4.78 is 10.3. The molecule has 5 heteroatoms. The highest BCUT2D eigenvalue weighted by Crippen LogP contribution is 1.97. The van der Waals surface area contributed by atoms with Gasteiger partial charge < -0.3 is 20.1 Å². The van der Waals surface area contributed by atoms with Crippen LogP contribution in [0, 0.1) is 0 Å². The van der Waals surface area contributed by atoms with Gasteiger partial charge in [-0.1, -0.05) is 0 Å². The lowest BCUT2D eigenvalue weighted by Gasteiger charge is -2.29. The Morgan fingerprint density at radius 1 is 1.44 bits per heavy atom. The Kier molecular flexibility index (Phi) is 6.91. The molecule has 0 saturated carbocycles. The van der Waals surface area contributed by atoms with Gasteiger partial charge in [-0.25, -0.2) is 0 Å². The van der Waals surface area contributed by atoms with E-state index in [2.05, 4.69) is 16.8 Å². The molecule has 0 radical (unpaired) electrons. The second-order valence-corrected chi connectivity index (χ2v) is 4.43.